The zero-order valence-electron chi connectivity index (χ0n) is 31.6. The smallest absolute Gasteiger partial charge is 0.249 e. The molecule has 0 aromatic carbocycles. The van der Waals surface area contributed by atoms with Gasteiger partial charge >= 0.3 is 0 Å². The fraction of sp³-hybridized carbons (Fsp3) is 0.974. The molecule has 1 amide bonds. The Balaban J connectivity index is 2.28. The fourth-order valence-electron chi connectivity index (χ4n) is 6.67. The quantitative estimate of drug-likeness (QED) is 0.0421. The first-order valence-corrected chi connectivity index (χ1v) is 20.4. The van der Waals surface area contributed by atoms with Crippen LogP contribution in [0.15, 0.2) is 0 Å². The summed E-state index contributed by atoms with van der Waals surface area (Å²) < 4.78 is 10.9. The third kappa shape index (κ3) is 21.0. The van der Waals surface area contributed by atoms with E-state index in [4.69, 9.17) is 9.47 Å². The van der Waals surface area contributed by atoms with Crippen LogP contribution in [-0.2, 0) is 14.3 Å². The first-order chi connectivity index (χ1) is 24.2. The van der Waals surface area contributed by atoms with Gasteiger partial charge < -0.3 is 50.5 Å². The van der Waals surface area contributed by atoms with Crippen molar-refractivity contribution in [2.45, 2.75) is 229 Å². The maximum atomic E-state index is 12.9. The lowest BCUT2D eigenvalue weighted by Crippen LogP contribution is -2.60. The number of aliphatic hydroxyl groups is 7. The van der Waals surface area contributed by atoms with Crippen molar-refractivity contribution in [3.05, 3.63) is 0 Å². The molecule has 11 nitrogen and oxygen atoms in total. The summed E-state index contributed by atoms with van der Waals surface area (Å²) in [6.07, 6.45) is 17.0. The van der Waals surface area contributed by atoms with Gasteiger partial charge in [-0.25, -0.2) is 0 Å². The minimum absolute atomic E-state index is 0.264. The van der Waals surface area contributed by atoms with Gasteiger partial charge in [0.05, 0.1) is 25.4 Å². The average molecular weight is 720 g/mol. The molecule has 0 spiro atoms. The third-order valence-corrected chi connectivity index (χ3v) is 10.2. The molecule has 11 heteroatoms. The maximum Gasteiger partial charge on any atom is 0.249 e. The highest BCUT2D eigenvalue weighted by Gasteiger charge is 2.44. The van der Waals surface area contributed by atoms with Crippen LogP contribution in [0, 0.1) is 0 Å². The molecule has 0 aliphatic carbocycles. The van der Waals surface area contributed by atoms with Crippen LogP contribution >= 0.6 is 0 Å². The number of ether oxygens (including phenoxy) is 2. The number of carbonyl (C=O) groups excluding carboxylic acids is 1. The Morgan fingerprint density at radius 1 is 0.620 bits per heavy atom. The van der Waals surface area contributed by atoms with Crippen molar-refractivity contribution < 1.29 is 50.0 Å². The second kappa shape index (κ2) is 30.6. The summed E-state index contributed by atoms with van der Waals surface area (Å²) in [5, 5.41) is 74.4. The highest BCUT2D eigenvalue weighted by molar-refractivity contribution is 5.80. The summed E-state index contributed by atoms with van der Waals surface area (Å²) in [6, 6.07) is -1.16. The molecule has 50 heavy (non-hydrogen) atoms. The molecule has 1 fully saturated rings. The van der Waals surface area contributed by atoms with E-state index in [2.05, 4.69) is 12.2 Å². The van der Waals surface area contributed by atoms with Gasteiger partial charge in [-0.3, -0.25) is 4.79 Å². The summed E-state index contributed by atoms with van der Waals surface area (Å²) in [4.78, 5) is 12.9. The molecule has 0 radical (unpaired) electrons. The molecule has 1 aliphatic heterocycles. The highest BCUT2D eigenvalue weighted by Crippen LogP contribution is 2.23. The summed E-state index contributed by atoms with van der Waals surface area (Å²) >= 11 is 0. The van der Waals surface area contributed by atoms with Crippen molar-refractivity contribution in [1.82, 2.24) is 5.32 Å². The standard InChI is InChI=1S/C39H77NO10/c1-3-5-7-8-9-10-11-12-13-14-15-16-17-18-19-20-21-22-23-25-27-32(43)38(48)40-30(34(44)31(42)26-24-6-4-2)29-49-39-37(47)36(46)35(45)33(28-41)50-39/h30-37,39,41-47H,3-29H2,1-2H3,(H,40,48). The van der Waals surface area contributed by atoms with Gasteiger partial charge in [0, 0.05) is 0 Å². The van der Waals surface area contributed by atoms with E-state index in [1.54, 1.807) is 0 Å². The Morgan fingerprint density at radius 3 is 1.50 bits per heavy atom. The van der Waals surface area contributed by atoms with Crippen molar-refractivity contribution in [3.63, 3.8) is 0 Å². The lowest BCUT2D eigenvalue weighted by atomic mass is 9.98. The van der Waals surface area contributed by atoms with Crippen LogP contribution in [0.1, 0.15) is 174 Å². The number of rotatable bonds is 33. The van der Waals surface area contributed by atoms with Crippen LogP contribution in [0.3, 0.4) is 0 Å². The van der Waals surface area contributed by atoms with Gasteiger partial charge in [0.1, 0.15) is 36.6 Å². The zero-order valence-corrected chi connectivity index (χ0v) is 31.6. The molecular formula is C39H77NO10. The van der Waals surface area contributed by atoms with Gasteiger partial charge in [0.25, 0.3) is 0 Å². The van der Waals surface area contributed by atoms with Crippen LogP contribution in [0.5, 0.6) is 0 Å². The van der Waals surface area contributed by atoms with Crippen LogP contribution in [0.2, 0.25) is 0 Å². The Labute approximate surface area is 303 Å². The normalized spacial score (nSPS) is 23.4. The van der Waals surface area contributed by atoms with Crippen molar-refractivity contribution >= 4 is 5.91 Å². The van der Waals surface area contributed by atoms with Crippen LogP contribution in [0.4, 0.5) is 0 Å². The molecule has 1 aliphatic rings. The molecule has 1 rings (SSSR count). The molecule has 1 heterocycles. The number of aliphatic hydroxyl groups excluding tert-OH is 7. The Bertz CT molecular complexity index is 790. The van der Waals surface area contributed by atoms with Crippen molar-refractivity contribution in [2.24, 2.45) is 0 Å². The van der Waals surface area contributed by atoms with E-state index in [-0.39, 0.29) is 6.42 Å². The number of hydrogen-bond donors (Lipinski definition) is 8. The summed E-state index contributed by atoms with van der Waals surface area (Å²) in [6.45, 7) is 3.23. The van der Waals surface area contributed by atoms with Gasteiger partial charge in [-0.1, -0.05) is 162 Å². The van der Waals surface area contributed by atoms with E-state index in [0.717, 1.165) is 32.1 Å². The largest absolute Gasteiger partial charge is 0.394 e. The Kier molecular flexibility index (Phi) is 28.8. The second-order valence-electron chi connectivity index (χ2n) is 14.7. The molecule has 0 bridgehead atoms. The predicted molar refractivity (Wildman–Crippen MR) is 196 cm³/mol. The van der Waals surface area contributed by atoms with Crippen molar-refractivity contribution in [2.75, 3.05) is 13.2 Å². The maximum absolute atomic E-state index is 12.9. The number of hydrogen-bond acceptors (Lipinski definition) is 10. The van der Waals surface area contributed by atoms with E-state index in [0.29, 0.717) is 19.3 Å². The van der Waals surface area contributed by atoms with Gasteiger partial charge in [-0.05, 0) is 12.8 Å². The van der Waals surface area contributed by atoms with E-state index in [9.17, 15) is 40.5 Å². The molecule has 298 valence electrons. The van der Waals surface area contributed by atoms with Crippen LogP contribution < -0.4 is 5.32 Å². The molecule has 0 aromatic rings. The van der Waals surface area contributed by atoms with Crippen LogP contribution in [-0.4, -0.2) is 110 Å². The van der Waals surface area contributed by atoms with E-state index in [1.165, 1.54) is 103 Å². The van der Waals surface area contributed by atoms with Gasteiger partial charge in [0.15, 0.2) is 6.29 Å². The number of carbonyl (C=O) groups is 1. The topological polar surface area (TPSA) is 189 Å². The van der Waals surface area contributed by atoms with E-state index < -0.39 is 74.2 Å². The zero-order chi connectivity index (χ0) is 37.0. The Morgan fingerprint density at radius 2 is 1.04 bits per heavy atom. The second-order valence-corrected chi connectivity index (χ2v) is 14.7. The molecule has 0 saturated carbocycles. The number of nitrogens with one attached hydrogen (secondary N) is 1. The molecular weight excluding hydrogens is 642 g/mol. The monoisotopic (exact) mass is 720 g/mol. The SMILES string of the molecule is CCCCCCCCCCCCCCCCCCCCCCC(O)C(=O)NC(COC1OC(CO)C(O)C(O)C1O)C(O)C(O)CCCCC. The summed E-state index contributed by atoms with van der Waals surface area (Å²) in [5.41, 5.74) is 0. The Hall–Kier alpha value is -0.890. The predicted octanol–water partition coefficient (Wildman–Crippen LogP) is 5.16. The van der Waals surface area contributed by atoms with Crippen molar-refractivity contribution in [1.29, 1.82) is 0 Å². The lowest BCUT2D eigenvalue weighted by molar-refractivity contribution is -0.303. The van der Waals surface area contributed by atoms with Crippen LogP contribution in [0.25, 0.3) is 0 Å². The minimum atomic E-state index is -1.65. The minimum Gasteiger partial charge on any atom is -0.394 e. The van der Waals surface area contributed by atoms with E-state index >= 15 is 0 Å². The summed E-state index contributed by atoms with van der Waals surface area (Å²) in [7, 11) is 0. The number of amides is 1. The highest BCUT2D eigenvalue weighted by atomic mass is 16.7. The van der Waals surface area contributed by atoms with Gasteiger partial charge in [0.2, 0.25) is 5.91 Å². The van der Waals surface area contributed by atoms with Gasteiger partial charge in [-0.2, -0.15) is 0 Å². The molecule has 1 saturated heterocycles. The molecule has 9 unspecified atom stereocenters. The summed E-state index contributed by atoms with van der Waals surface area (Å²) in [5.74, 6) is -0.704. The average Bonchev–Trinajstić information content (AvgIpc) is 3.11. The van der Waals surface area contributed by atoms with Crippen molar-refractivity contribution in [3.8, 4) is 0 Å². The first-order valence-electron chi connectivity index (χ1n) is 20.4. The number of unbranched alkanes of at least 4 members (excludes halogenated alkanes) is 21. The lowest BCUT2D eigenvalue weighted by Gasteiger charge is -2.40. The first kappa shape index (κ1) is 47.1. The fourth-order valence-corrected chi connectivity index (χ4v) is 6.67. The van der Waals surface area contributed by atoms with Gasteiger partial charge in [-0.15, -0.1) is 0 Å². The molecule has 9 atom stereocenters. The molecule has 0 aromatic heterocycles. The molecule has 8 N–H and O–H groups in total. The van der Waals surface area contributed by atoms with E-state index in [1.807, 2.05) is 6.92 Å². The third-order valence-electron chi connectivity index (χ3n) is 10.2.